The summed E-state index contributed by atoms with van der Waals surface area (Å²) in [5, 5.41) is 27.7. The molecule has 2 saturated heterocycles. The maximum Gasteiger partial charge on any atom is 0.179 e. The molecule has 1 atom stereocenters. The molecule has 2 fully saturated rings. The molecule has 3 aromatic heterocycles. The van der Waals surface area contributed by atoms with E-state index in [1.54, 1.807) is 17.8 Å². The van der Waals surface area contributed by atoms with Gasteiger partial charge in [0.1, 0.15) is 22.9 Å². The van der Waals surface area contributed by atoms with Gasteiger partial charge in [-0.2, -0.15) is 20.7 Å². The van der Waals surface area contributed by atoms with Gasteiger partial charge >= 0.3 is 0 Å². The maximum atomic E-state index is 9.40. The van der Waals surface area contributed by atoms with E-state index in [0.717, 1.165) is 42.9 Å². The molecular weight excluding hydrogens is 404 g/mol. The van der Waals surface area contributed by atoms with Crippen LogP contribution in [0.5, 0.6) is 5.75 Å². The number of rotatable bonds is 4. The van der Waals surface area contributed by atoms with Crippen molar-refractivity contribution in [3.05, 3.63) is 35.9 Å². The lowest BCUT2D eigenvalue weighted by atomic mass is 9.97. The molecule has 32 heavy (non-hydrogen) atoms. The van der Waals surface area contributed by atoms with E-state index in [2.05, 4.69) is 47.7 Å². The molecule has 2 aliphatic heterocycles. The molecule has 5 heterocycles. The Labute approximate surface area is 187 Å². The summed E-state index contributed by atoms with van der Waals surface area (Å²) in [5.74, 6) is 0.615. The van der Waals surface area contributed by atoms with Gasteiger partial charge in [0.25, 0.3) is 0 Å². The summed E-state index contributed by atoms with van der Waals surface area (Å²) < 4.78 is 9.35. The standard InChI is InChI=1S/C23H26N8O/c1-15-20(16-5-21(32-4)22-17(7-24)8-26-30(22)10-16)9-27-31(15)19-11-28(12-19)18-6-23(2,3)29(13-18)14-25/h5,8-10,18-19H,6,11-13H2,1-4H3. The largest absolute Gasteiger partial charge is 0.494 e. The number of hydrogen-bond donors (Lipinski definition) is 0. The predicted molar refractivity (Wildman–Crippen MR) is 118 cm³/mol. The number of hydrogen-bond acceptors (Lipinski definition) is 7. The fraction of sp³-hybridized carbons (Fsp3) is 0.478. The fourth-order valence-corrected chi connectivity index (χ4v) is 5.11. The van der Waals surface area contributed by atoms with E-state index in [1.165, 1.54) is 0 Å². The maximum absolute atomic E-state index is 9.40. The zero-order valence-corrected chi connectivity index (χ0v) is 18.8. The number of ether oxygens (including phenoxy) is 1. The van der Waals surface area contributed by atoms with Crippen LogP contribution in [0.3, 0.4) is 0 Å². The second-order valence-corrected chi connectivity index (χ2v) is 9.34. The Hall–Kier alpha value is -3.56. The topological polar surface area (TPSA) is 98.4 Å². The van der Waals surface area contributed by atoms with Crippen LogP contribution in [0.1, 0.15) is 37.6 Å². The molecule has 0 N–H and O–H groups in total. The third-order valence-electron chi connectivity index (χ3n) is 7.01. The molecule has 0 spiro atoms. The van der Waals surface area contributed by atoms with E-state index in [9.17, 15) is 10.5 Å². The second kappa shape index (κ2) is 7.25. The summed E-state index contributed by atoms with van der Waals surface area (Å²) >= 11 is 0. The first-order valence-corrected chi connectivity index (χ1v) is 10.8. The van der Waals surface area contributed by atoms with Crippen molar-refractivity contribution in [3.8, 4) is 29.1 Å². The minimum atomic E-state index is -0.0745. The van der Waals surface area contributed by atoms with Crippen LogP contribution in [-0.4, -0.2) is 67.5 Å². The number of methoxy groups -OCH3 is 1. The normalized spacial score (nSPS) is 20.8. The van der Waals surface area contributed by atoms with Crippen LogP contribution in [-0.2, 0) is 0 Å². The quantitative estimate of drug-likeness (QED) is 0.587. The third kappa shape index (κ3) is 3.01. The molecule has 0 bridgehead atoms. The lowest BCUT2D eigenvalue weighted by molar-refractivity contribution is 0.0560. The van der Waals surface area contributed by atoms with Gasteiger partial charge in [-0.1, -0.05) is 0 Å². The highest BCUT2D eigenvalue weighted by Gasteiger charge is 2.44. The van der Waals surface area contributed by atoms with Crippen molar-refractivity contribution in [1.29, 1.82) is 10.5 Å². The predicted octanol–water partition coefficient (Wildman–Crippen LogP) is 2.58. The molecule has 0 amide bonds. The van der Waals surface area contributed by atoms with Crippen LogP contribution >= 0.6 is 0 Å². The molecule has 9 heteroatoms. The van der Waals surface area contributed by atoms with Crippen molar-refractivity contribution in [3.63, 3.8) is 0 Å². The Kier molecular flexibility index (Phi) is 4.61. The average molecular weight is 431 g/mol. The highest BCUT2D eigenvalue weighted by atomic mass is 16.5. The Balaban J connectivity index is 1.37. The van der Waals surface area contributed by atoms with Gasteiger partial charge in [-0.3, -0.25) is 9.58 Å². The Bertz CT molecular complexity index is 1270. The highest BCUT2D eigenvalue weighted by molar-refractivity contribution is 5.75. The first-order valence-electron chi connectivity index (χ1n) is 10.8. The van der Waals surface area contributed by atoms with Gasteiger partial charge in [-0.05, 0) is 33.3 Å². The van der Waals surface area contributed by atoms with Crippen molar-refractivity contribution < 1.29 is 4.74 Å². The Morgan fingerprint density at radius 2 is 1.91 bits per heavy atom. The van der Waals surface area contributed by atoms with Gasteiger partial charge in [0.15, 0.2) is 6.19 Å². The Morgan fingerprint density at radius 1 is 1.12 bits per heavy atom. The SMILES string of the molecule is COc1cc(-c2cnn(C3CN(C4CN(C#N)C(C)(C)C4)C3)c2C)cn2ncc(C#N)c12. The minimum absolute atomic E-state index is 0.0745. The number of aromatic nitrogens is 4. The monoisotopic (exact) mass is 430 g/mol. The van der Waals surface area contributed by atoms with Gasteiger partial charge in [-0.15, -0.1) is 0 Å². The highest BCUT2D eigenvalue weighted by Crippen LogP contribution is 2.37. The summed E-state index contributed by atoms with van der Waals surface area (Å²) in [5.41, 5.74) is 4.15. The molecule has 5 rings (SSSR count). The lowest BCUT2D eigenvalue weighted by Gasteiger charge is -2.43. The fourth-order valence-electron chi connectivity index (χ4n) is 5.11. The Morgan fingerprint density at radius 3 is 2.56 bits per heavy atom. The third-order valence-corrected chi connectivity index (χ3v) is 7.01. The van der Waals surface area contributed by atoms with Gasteiger partial charge in [-0.25, -0.2) is 4.52 Å². The number of nitriles is 2. The molecule has 0 saturated carbocycles. The molecular formula is C23H26N8O. The van der Waals surface area contributed by atoms with Crippen molar-refractivity contribution in [2.75, 3.05) is 26.7 Å². The van der Waals surface area contributed by atoms with Gasteiger partial charge in [0.2, 0.25) is 0 Å². The van der Waals surface area contributed by atoms with Crippen molar-refractivity contribution >= 4 is 5.52 Å². The first kappa shape index (κ1) is 20.3. The van der Waals surface area contributed by atoms with E-state index in [1.807, 2.05) is 23.4 Å². The van der Waals surface area contributed by atoms with Crippen LogP contribution in [0.2, 0.25) is 0 Å². The summed E-state index contributed by atoms with van der Waals surface area (Å²) in [6.45, 7) is 9.04. The zero-order valence-electron chi connectivity index (χ0n) is 18.8. The lowest BCUT2D eigenvalue weighted by Crippen LogP contribution is -2.53. The minimum Gasteiger partial charge on any atom is -0.494 e. The summed E-state index contributed by atoms with van der Waals surface area (Å²) in [7, 11) is 1.60. The number of fused-ring (bicyclic) bond motifs is 1. The van der Waals surface area contributed by atoms with Gasteiger partial charge in [0, 0.05) is 54.2 Å². The van der Waals surface area contributed by atoms with Crippen molar-refractivity contribution in [2.24, 2.45) is 0 Å². The van der Waals surface area contributed by atoms with Crippen molar-refractivity contribution in [1.82, 2.24) is 29.2 Å². The van der Waals surface area contributed by atoms with E-state index in [4.69, 9.17) is 9.84 Å². The summed E-state index contributed by atoms with van der Waals surface area (Å²) in [6.07, 6.45) is 8.71. The molecule has 9 nitrogen and oxygen atoms in total. The smallest absolute Gasteiger partial charge is 0.179 e. The van der Waals surface area contributed by atoms with Crippen LogP contribution < -0.4 is 4.74 Å². The molecule has 0 aliphatic carbocycles. The van der Waals surface area contributed by atoms with Crippen LogP contribution in [0.4, 0.5) is 0 Å². The number of likely N-dealkylation sites (tertiary alicyclic amines) is 2. The van der Waals surface area contributed by atoms with Crippen LogP contribution in [0.25, 0.3) is 16.6 Å². The zero-order chi connectivity index (χ0) is 22.6. The summed E-state index contributed by atoms with van der Waals surface area (Å²) in [6, 6.07) is 4.84. The molecule has 0 radical (unpaired) electrons. The average Bonchev–Trinajstić information content (AvgIpc) is 3.41. The number of pyridine rings is 1. The molecule has 2 aliphatic rings. The van der Waals surface area contributed by atoms with Crippen molar-refractivity contribution in [2.45, 2.75) is 44.8 Å². The summed E-state index contributed by atoms with van der Waals surface area (Å²) in [4.78, 5) is 4.37. The van der Waals surface area contributed by atoms with E-state index in [0.29, 0.717) is 28.9 Å². The van der Waals surface area contributed by atoms with E-state index < -0.39 is 0 Å². The second-order valence-electron chi connectivity index (χ2n) is 9.34. The molecule has 164 valence electrons. The molecule has 1 unspecified atom stereocenters. The van der Waals surface area contributed by atoms with Crippen LogP contribution in [0, 0.1) is 29.7 Å². The van der Waals surface area contributed by atoms with Gasteiger partial charge < -0.3 is 9.64 Å². The number of nitrogens with zero attached hydrogens (tertiary/aromatic N) is 8. The van der Waals surface area contributed by atoms with E-state index in [-0.39, 0.29) is 5.54 Å². The molecule has 0 aromatic carbocycles. The van der Waals surface area contributed by atoms with E-state index >= 15 is 0 Å². The van der Waals surface area contributed by atoms with Crippen LogP contribution in [0.15, 0.2) is 24.7 Å². The van der Waals surface area contributed by atoms with Gasteiger partial charge in [0.05, 0.1) is 25.5 Å². The first-order chi connectivity index (χ1) is 15.4. The molecule has 3 aromatic rings.